The number of aliphatic hydroxyl groups excluding tert-OH is 7. The van der Waals surface area contributed by atoms with E-state index in [4.69, 9.17) is 9.47 Å². The molecule has 514 valence electrons. The van der Waals surface area contributed by atoms with E-state index >= 15 is 0 Å². The third kappa shape index (κ3) is 51.5. The van der Waals surface area contributed by atoms with Crippen molar-refractivity contribution in [2.75, 3.05) is 13.2 Å². The molecule has 0 aliphatic carbocycles. The van der Waals surface area contributed by atoms with Crippen LogP contribution in [-0.4, -0.2) is 110 Å². The molecule has 8 N–H and O–H groups in total. The standard InChI is InChI=1S/C76H145NO10/c1-3-5-7-9-11-13-15-17-19-21-23-25-27-29-31-33-34-36-38-40-42-44-46-48-50-52-54-56-58-60-62-64-69(80)75(85)77-67(66-86-76-74(84)73(83)72(82)70(65-78)87-76)71(81)68(79)63-61-59-57-55-53-51-49-47-45-43-41-39-37-35-32-30-28-26-24-22-20-18-16-14-12-10-8-6-4-2/h39,41,47,49,55,57,67-74,76,78-84H,3-38,40,42-46,48,50-54,56,58-66H2,1-2H3,(H,77,85)/b41-39+,49-47+,57-55+. The molecule has 0 aromatic carbocycles. The summed E-state index contributed by atoms with van der Waals surface area (Å²) in [7, 11) is 0. The van der Waals surface area contributed by atoms with Crippen molar-refractivity contribution in [3.8, 4) is 0 Å². The fraction of sp³-hybridized carbons (Fsp3) is 0.908. The molecule has 0 aromatic heterocycles. The van der Waals surface area contributed by atoms with E-state index in [1.807, 2.05) is 0 Å². The lowest BCUT2D eigenvalue weighted by atomic mass is 9.98. The van der Waals surface area contributed by atoms with E-state index < -0.39 is 74.2 Å². The quantitative estimate of drug-likeness (QED) is 0.0215. The van der Waals surface area contributed by atoms with E-state index in [0.29, 0.717) is 19.3 Å². The first kappa shape index (κ1) is 83.3. The molecule has 1 rings (SSSR count). The molecule has 9 atom stereocenters. The van der Waals surface area contributed by atoms with Crippen LogP contribution in [0.5, 0.6) is 0 Å². The number of hydrogen-bond acceptors (Lipinski definition) is 10. The number of unbranched alkanes of at least 4 members (excludes halogenated alkanes) is 49. The van der Waals surface area contributed by atoms with Gasteiger partial charge in [0.1, 0.15) is 36.6 Å². The summed E-state index contributed by atoms with van der Waals surface area (Å²) in [6.45, 7) is 3.50. The van der Waals surface area contributed by atoms with Crippen molar-refractivity contribution in [2.24, 2.45) is 0 Å². The van der Waals surface area contributed by atoms with Gasteiger partial charge in [-0.1, -0.05) is 346 Å². The van der Waals surface area contributed by atoms with E-state index in [9.17, 15) is 40.5 Å². The zero-order valence-corrected chi connectivity index (χ0v) is 57.0. The minimum absolute atomic E-state index is 0.243. The van der Waals surface area contributed by atoms with Crippen LogP contribution >= 0.6 is 0 Å². The van der Waals surface area contributed by atoms with Gasteiger partial charge in [-0.05, 0) is 64.2 Å². The molecular formula is C76H145NO10. The van der Waals surface area contributed by atoms with Gasteiger partial charge >= 0.3 is 0 Å². The summed E-state index contributed by atoms with van der Waals surface area (Å²) >= 11 is 0. The maximum atomic E-state index is 13.3. The molecule has 1 aliphatic heterocycles. The Bertz CT molecular complexity index is 1510. The van der Waals surface area contributed by atoms with Crippen LogP contribution in [0.4, 0.5) is 0 Å². The van der Waals surface area contributed by atoms with Crippen molar-refractivity contribution in [3.63, 3.8) is 0 Å². The second kappa shape index (κ2) is 64.4. The third-order valence-electron chi connectivity index (χ3n) is 18.4. The zero-order valence-electron chi connectivity index (χ0n) is 57.0. The molecule has 11 nitrogen and oxygen atoms in total. The molecule has 0 aromatic rings. The Morgan fingerprint density at radius 1 is 0.391 bits per heavy atom. The van der Waals surface area contributed by atoms with Crippen LogP contribution < -0.4 is 5.32 Å². The van der Waals surface area contributed by atoms with Crippen LogP contribution in [0, 0.1) is 0 Å². The number of carbonyl (C=O) groups excluding carboxylic acids is 1. The van der Waals surface area contributed by atoms with Crippen LogP contribution in [0.2, 0.25) is 0 Å². The molecule has 1 amide bonds. The van der Waals surface area contributed by atoms with Crippen LogP contribution in [0.15, 0.2) is 36.5 Å². The predicted octanol–water partition coefficient (Wildman–Crippen LogP) is 18.9. The van der Waals surface area contributed by atoms with Gasteiger partial charge in [-0.2, -0.15) is 0 Å². The van der Waals surface area contributed by atoms with Crippen LogP contribution in [0.1, 0.15) is 373 Å². The third-order valence-corrected chi connectivity index (χ3v) is 18.4. The summed E-state index contributed by atoms with van der Waals surface area (Å²) in [5.74, 6) is -0.705. The van der Waals surface area contributed by atoms with Gasteiger partial charge in [0.2, 0.25) is 5.91 Å². The molecule has 0 saturated carbocycles. The van der Waals surface area contributed by atoms with Gasteiger partial charge in [-0.25, -0.2) is 0 Å². The maximum Gasteiger partial charge on any atom is 0.249 e. The lowest BCUT2D eigenvalue weighted by molar-refractivity contribution is -0.303. The molecule has 0 bridgehead atoms. The van der Waals surface area contributed by atoms with Gasteiger partial charge in [-0.15, -0.1) is 0 Å². The van der Waals surface area contributed by atoms with Gasteiger partial charge in [-0.3, -0.25) is 4.79 Å². The van der Waals surface area contributed by atoms with Crippen LogP contribution in [0.25, 0.3) is 0 Å². The predicted molar refractivity (Wildman–Crippen MR) is 367 cm³/mol. The van der Waals surface area contributed by atoms with Crippen LogP contribution in [0.3, 0.4) is 0 Å². The lowest BCUT2D eigenvalue weighted by Crippen LogP contribution is -2.60. The second-order valence-corrected chi connectivity index (χ2v) is 26.7. The molecular weight excluding hydrogens is 1090 g/mol. The fourth-order valence-electron chi connectivity index (χ4n) is 12.4. The SMILES string of the molecule is CCCCCCCCCCCCCCCCCC/C=C/CC/C=C/CC/C=C/CCCC(O)C(O)C(COC1OC(CO)C(O)C(O)C1O)NC(=O)C(O)CCCCCCCCCCCCCCCCCCCCCCCCCCCCCCCCC. The second-order valence-electron chi connectivity index (χ2n) is 26.7. The van der Waals surface area contributed by atoms with Crippen molar-refractivity contribution < 1.29 is 50.0 Å². The minimum atomic E-state index is -1.67. The number of carbonyl (C=O) groups is 1. The van der Waals surface area contributed by atoms with Gasteiger partial charge in [0, 0.05) is 0 Å². The Morgan fingerprint density at radius 3 is 1.02 bits per heavy atom. The van der Waals surface area contributed by atoms with Gasteiger partial charge in [0.15, 0.2) is 6.29 Å². The molecule has 1 saturated heterocycles. The number of amides is 1. The van der Waals surface area contributed by atoms with Gasteiger partial charge in [0.25, 0.3) is 0 Å². The van der Waals surface area contributed by atoms with Gasteiger partial charge < -0.3 is 50.5 Å². The van der Waals surface area contributed by atoms with E-state index in [-0.39, 0.29) is 12.8 Å². The number of rotatable bonds is 67. The average molecular weight is 1230 g/mol. The molecule has 1 aliphatic rings. The van der Waals surface area contributed by atoms with E-state index in [0.717, 1.165) is 44.9 Å². The normalized spacial score (nSPS) is 18.8. The van der Waals surface area contributed by atoms with E-state index in [1.54, 1.807) is 0 Å². The largest absolute Gasteiger partial charge is 0.394 e. The highest BCUT2D eigenvalue weighted by Gasteiger charge is 2.44. The molecule has 1 fully saturated rings. The Morgan fingerprint density at radius 2 is 0.690 bits per heavy atom. The summed E-state index contributed by atoms with van der Waals surface area (Å²) in [5.41, 5.74) is 0. The number of allylic oxidation sites excluding steroid dienone is 6. The monoisotopic (exact) mass is 1230 g/mol. The first-order valence-corrected chi connectivity index (χ1v) is 37.9. The summed E-state index contributed by atoms with van der Waals surface area (Å²) < 4.78 is 11.2. The number of nitrogens with one attached hydrogen (secondary N) is 1. The number of ether oxygens (including phenoxy) is 2. The van der Waals surface area contributed by atoms with Crippen molar-refractivity contribution in [2.45, 2.75) is 428 Å². The van der Waals surface area contributed by atoms with E-state index in [2.05, 4.69) is 55.6 Å². The Kier molecular flexibility index (Phi) is 61.7. The highest BCUT2D eigenvalue weighted by Crippen LogP contribution is 2.24. The highest BCUT2D eigenvalue weighted by molar-refractivity contribution is 5.80. The van der Waals surface area contributed by atoms with Gasteiger partial charge in [0.05, 0.1) is 25.4 Å². The minimum Gasteiger partial charge on any atom is -0.394 e. The summed E-state index contributed by atoms with van der Waals surface area (Å²) in [6, 6.07) is -1.20. The fourth-order valence-corrected chi connectivity index (χ4v) is 12.4. The Hall–Kier alpha value is -1.67. The summed E-state index contributed by atoms with van der Waals surface area (Å²) in [6.07, 6.45) is 72.5. The Labute approximate surface area is 537 Å². The van der Waals surface area contributed by atoms with Crippen molar-refractivity contribution in [3.05, 3.63) is 36.5 Å². The van der Waals surface area contributed by atoms with Crippen molar-refractivity contribution in [1.82, 2.24) is 5.32 Å². The molecule has 0 radical (unpaired) electrons. The number of hydrogen-bond donors (Lipinski definition) is 8. The molecule has 1 heterocycles. The van der Waals surface area contributed by atoms with Crippen molar-refractivity contribution >= 4 is 5.91 Å². The summed E-state index contributed by atoms with van der Waals surface area (Å²) in [5, 5.41) is 76.6. The Balaban J connectivity index is 2.19. The lowest BCUT2D eigenvalue weighted by Gasteiger charge is -2.40. The van der Waals surface area contributed by atoms with Crippen LogP contribution in [-0.2, 0) is 14.3 Å². The van der Waals surface area contributed by atoms with E-state index in [1.165, 1.54) is 283 Å². The molecule has 11 heteroatoms. The maximum absolute atomic E-state index is 13.3. The topological polar surface area (TPSA) is 189 Å². The van der Waals surface area contributed by atoms with Crippen molar-refractivity contribution in [1.29, 1.82) is 0 Å². The summed E-state index contributed by atoms with van der Waals surface area (Å²) in [4.78, 5) is 13.3. The average Bonchev–Trinajstić information content (AvgIpc) is 1.97. The molecule has 9 unspecified atom stereocenters. The number of aliphatic hydroxyl groups is 7. The zero-order chi connectivity index (χ0) is 63.1. The smallest absolute Gasteiger partial charge is 0.249 e. The molecule has 87 heavy (non-hydrogen) atoms. The first-order chi connectivity index (χ1) is 42.7. The first-order valence-electron chi connectivity index (χ1n) is 37.9. The highest BCUT2D eigenvalue weighted by atomic mass is 16.7. The molecule has 0 spiro atoms.